The SMILES string of the molecule is CCOC(=O)CCN(C(=O)C(F)(F)F)C1CCN(Cc2ccccc2)CC1. The number of halogens is 3. The number of ether oxygens (including phenoxy) is 1. The third-order valence-electron chi connectivity index (χ3n) is 4.61. The summed E-state index contributed by atoms with van der Waals surface area (Å²) in [6.45, 7) is 3.42. The van der Waals surface area contributed by atoms with Crippen LogP contribution in [0.3, 0.4) is 0 Å². The molecule has 0 atom stereocenters. The molecule has 0 unspecified atom stereocenters. The van der Waals surface area contributed by atoms with E-state index in [0.717, 1.165) is 17.0 Å². The van der Waals surface area contributed by atoms with Crippen LogP contribution in [0.15, 0.2) is 30.3 Å². The van der Waals surface area contributed by atoms with E-state index in [1.807, 2.05) is 30.3 Å². The predicted molar refractivity (Wildman–Crippen MR) is 93.8 cm³/mol. The van der Waals surface area contributed by atoms with Crippen molar-refractivity contribution in [1.29, 1.82) is 0 Å². The highest BCUT2D eigenvalue weighted by Gasteiger charge is 2.45. The number of hydrogen-bond donors (Lipinski definition) is 0. The van der Waals surface area contributed by atoms with E-state index >= 15 is 0 Å². The van der Waals surface area contributed by atoms with Crippen LogP contribution in [-0.4, -0.2) is 60.1 Å². The number of hydrogen-bond acceptors (Lipinski definition) is 4. The molecule has 0 aromatic heterocycles. The zero-order chi connectivity index (χ0) is 19.9. The van der Waals surface area contributed by atoms with Crippen molar-refractivity contribution in [2.45, 2.75) is 44.9 Å². The Labute approximate surface area is 157 Å². The maximum absolute atomic E-state index is 13.0. The van der Waals surface area contributed by atoms with Gasteiger partial charge in [0.25, 0.3) is 0 Å². The molecule has 2 rings (SSSR count). The van der Waals surface area contributed by atoms with E-state index in [0.29, 0.717) is 25.9 Å². The highest BCUT2D eigenvalue weighted by molar-refractivity contribution is 5.82. The van der Waals surface area contributed by atoms with E-state index < -0.39 is 24.1 Å². The second-order valence-corrected chi connectivity index (χ2v) is 6.54. The Morgan fingerprint density at radius 3 is 2.37 bits per heavy atom. The van der Waals surface area contributed by atoms with Gasteiger partial charge in [-0.2, -0.15) is 13.2 Å². The molecule has 1 heterocycles. The highest BCUT2D eigenvalue weighted by Crippen LogP contribution is 2.25. The first kappa shape index (κ1) is 21.2. The Balaban J connectivity index is 1.95. The number of benzene rings is 1. The molecule has 1 aliphatic heterocycles. The normalized spacial score (nSPS) is 16.1. The first-order valence-corrected chi connectivity index (χ1v) is 9.11. The van der Waals surface area contributed by atoms with Gasteiger partial charge in [0.1, 0.15) is 0 Å². The van der Waals surface area contributed by atoms with Gasteiger partial charge in [0, 0.05) is 32.2 Å². The summed E-state index contributed by atoms with van der Waals surface area (Å²) in [7, 11) is 0. The maximum atomic E-state index is 13.0. The third kappa shape index (κ3) is 6.53. The predicted octanol–water partition coefficient (Wildman–Crippen LogP) is 3.00. The van der Waals surface area contributed by atoms with Crippen molar-refractivity contribution < 1.29 is 27.5 Å². The summed E-state index contributed by atoms with van der Waals surface area (Å²) < 4.78 is 43.7. The number of piperidine rings is 1. The van der Waals surface area contributed by atoms with Gasteiger partial charge in [-0.25, -0.2) is 0 Å². The Hall–Kier alpha value is -2.09. The quantitative estimate of drug-likeness (QED) is 0.676. The fourth-order valence-electron chi connectivity index (χ4n) is 3.29. The van der Waals surface area contributed by atoms with Crippen LogP contribution in [0.5, 0.6) is 0 Å². The summed E-state index contributed by atoms with van der Waals surface area (Å²) in [5, 5.41) is 0. The van der Waals surface area contributed by atoms with Crippen LogP contribution in [0.2, 0.25) is 0 Å². The molecule has 5 nitrogen and oxygen atoms in total. The van der Waals surface area contributed by atoms with Gasteiger partial charge in [-0.15, -0.1) is 0 Å². The molecule has 1 aliphatic rings. The molecular formula is C19H25F3N2O3. The van der Waals surface area contributed by atoms with Crippen molar-refractivity contribution in [1.82, 2.24) is 9.80 Å². The number of amides is 1. The van der Waals surface area contributed by atoms with Crippen molar-refractivity contribution >= 4 is 11.9 Å². The largest absolute Gasteiger partial charge is 0.471 e. The number of carbonyl (C=O) groups is 2. The third-order valence-corrected chi connectivity index (χ3v) is 4.61. The summed E-state index contributed by atoms with van der Waals surface area (Å²) in [5.74, 6) is -2.48. The lowest BCUT2D eigenvalue weighted by atomic mass is 10.0. The molecule has 0 radical (unpaired) electrons. The molecular weight excluding hydrogens is 361 g/mol. The first-order chi connectivity index (χ1) is 12.8. The molecule has 0 N–H and O–H groups in total. The molecule has 8 heteroatoms. The first-order valence-electron chi connectivity index (χ1n) is 9.11. The van der Waals surface area contributed by atoms with Crippen LogP contribution in [-0.2, 0) is 20.9 Å². The second kappa shape index (κ2) is 9.73. The minimum atomic E-state index is -4.95. The van der Waals surface area contributed by atoms with Crippen molar-refractivity contribution in [2.75, 3.05) is 26.2 Å². The molecule has 27 heavy (non-hydrogen) atoms. The van der Waals surface area contributed by atoms with Gasteiger partial charge >= 0.3 is 18.1 Å². The Morgan fingerprint density at radius 2 is 1.81 bits per heavy atom. The summed E-state index contributed by atoms with van der Waals surface area (Å²) in [6.07, 6.45) is -4.30. The summed E-state index contributed by atoms with van der Waals surface area (Å²) in [5.41, 5.74) is 1.14. The monoisotopic (exact) mass is 386 g/mol. The molecule has 1 fully saturated rings. The minimum absolute atomic E-state index is 0.157. The van der Waals surface area contributed by atoms with Crippen molar-refractivity contribution in [2.24, 2.45) is 0 Å². The Bertz CT molecular complexity index is 614. The van der Waals surface area contributed by atoms with Crippen molar-refractivity contribution in [3.63, 3.8) is 0 Å². The lowest BCUT2D eigenvalue weighted by Gasteiger charge is -2.38. The van der Waals surface area contributed by atoms with Crippen LogP contribution in [0.4, 0.5) is 13.2 Å². The number of likely N-dealkylation sites (tertiary alicyclic amines) is 1. The van der Waals surface area contributed by atoms with Gasteiger partial charge in [-0.3, -0.25) is 14.5 Å². The number of alkyl halides is 3. The lowest BCUT2D eigenvalue weighted by Crippen LogP contribution is -2.51. The fraction of sp³-hybridized carbons (Fsp3) is 0.579. The van der Waals surface area contributed by atoms with Gasteiger partial charge in [0.15, 0.2) is 0 Å². The number of rotatable bonds is 7. The van der Waals surface area contributed by atoms with Gasteiger partial charge in [-0.05, 0) is 25.3 Å². The zero-order valence-corrected chi connectivity index (χ0v) is 15.4. The van der Waals surface area contributed by atoms with E-state index in [1.165, 1.54) is 0 Å². The molecule has 1 amide bonds. The molecule has 0 aliphatic carbocycles. The summed E-state index contributed by atoms with van der Waals surface area (Å²) in [6, 6.07) is 9.30. The molecule has 0 saturated carbocycles. The van der Waals surface area contributed by atoms with Gasteiger partial charge in [-0.1, -0.05) is 30.3 Å². The molecule has 1 aromatic carbocycles. The van der Waals surface area contributed by atoms with E-state index in [-0.39, 0.29) is 19.6 Å². The van der Waals surface area contributed by atoms with E-state index in [2.05, 4.69) is 4.90 Å². The van der Waals surface area contributed by atoms with Crippen LogP contribution >= 0.6 is 0 Å². The smallest absolute Gasteiger partial charge is 0.466 e. The summed E-state index contributed by atoms with van der Waals surface area (Å²) >= 11 is 0. The molecule has 0 bridgehead atoms. The average molecular weight is 386 g/mol. The average Bonchev–Trinajstić information content (AvgIpc) is 2.63. The van der Waals surface area contributed by atoms with E-state index in [1.54, 1.807) is 6.92 Å². The van der Waals surface area contributed by atoms with Gasteiger partial charge < -0.3 is 9.64 Å². The fourth-order valence-corrected chi connectivity index (χ4v) is 3.29. The zero-order valence-electron chi connectivity index (χ0n) is 15.4. The Kier molecular flexibility index (Phi) is 7.65. The topological polar surface area (TPSA) is 49.9 Å². The molecule has 1 saturated heterocycles. The minimum Gasteiger partial charge on any atom is -0.466 e. The van der Waals surface area contributed by atoms with E-state index in [4.69, 9.17) is 4.74 Å². The van der Waals surface area contributed by atoms with Crippen LogP contribution < -0.4 is 0 Å². The summed E-state index contributed by atoms with van der Waals surface area (Å²) in [4.78, 5) is 26.3. The molecule has 150 valence electrons. The van der Waals surface area contributed by atoms with Crippen molar-refractivity contribution in [3.05, 3.63) is 35.9 Å². The van der Waals surface area contributed by atoms with Gasteiger partial charge in [0.05, 0.1) is 13.0 Å². The van der Waals surface area contributed by atoms with Crippen LogP contribution in [0.1, 0.15) is 31.7 Å². The standard InChI is InChI=1S/C19H25F3N2O3/c1-2-27-17(25)10-13-24(18(26)19(20,21)22)16-8-11-23(12-9-16)14-15-6-4-3-5-7-15/h3-7,16H,2,8-14H2,1H3. The maximum Gasteiger partial charge on any atom is 0.471 e. The number of nitrogens with zero attached hydrogens (tertiary/aromatic N) is 2. The number of esters is 1. The van der Waals surface area contributed by atoms with Crippen molar-refractivity contribution in [3.8, 4) is 0 Å². The van der Waals surface area contributed by atoms with Crippen LogP contribution in [0, 0.1) is 0 Å². The second-order valence-electron chi connectivity index (χ2n) is 6.54. The van der Waals surface area contributed by atoms with Gasteiger partial charge in [0.2, 0.25) is 0 Å². The van der Waals surface area contributed by atoms with E-state index in [9.17, 15) is 22.8 Å². The highest BCUT2D eigenvalue weighted by atomic mass is 19.4. The number of carbonyl (C=O) groups excluding carboxylic acids is 2. The molecule has 1 aromatic rings. The molecule has 0 spiro atoms. The Morgan fingerprint density at radius 1 is 1.19 bits per heavy atom. The lowest BCUT2D eigenvalue weighted by molar-refractivity contribution is -0.189. The van der Waals surface area contributed by atoms with Crippen LogP contribution in [0.25, 0.3) is 0 Å².